The van der Waals surface area contributed by atoms with Crippen LogP contribution in [0.3, 0.4) is 0 Å². The lowest BCUT2D eigenvalue weighted by atomic mass is 9.91. The third-order valence-corrected chi connectivity index (χ3v) is 11.1. The van der Waals surface area contributed by atoms with Crippen LogP contribution in [0, 0.1) is 0 Å². The summed E-state index contributed by atoms with van der Waals surface area (Å²) in [6.07, 6.45) is 3.62. The van der Waals surface area contributed by atoms with E-state index in [2.05, 4.69) is 101 Å². The molecule has 0 spiro atoms. The van der Waals surface area contributed by atoms with Gasteiger partial charge in [0, 0.05) is 4.11 Å². The van der Waals surface area contributed by atoms with Crippen molar-refractivity contribution >= 4 is 50.6 Å². The summed E-state index contributed by atoms with van der Waals surface area (Å²) in [6.45, 7) is 4.70. The Morgan fingerprint density at radius 1 is 1.03 bits per heavy atom. The van der Waals surface area contributed by atoms with Gasteiger partial charge in [0.05, 0.1) is 9.50 Å². The highest BCUT2D eigenvalue weighted by atomic mass is 79.9. The molecule has 0 saturated heterocycles. The van der Waals surface area contributed by atoms with Crippen LogP contribution in [0.15, 0.2) is 81.3 Å². The summed E-state index contributed by atoms with van der Waals surface area (Å²) < 4.78 is 32.0. The first-order chi connectivity index (χ1) is 14.9. The summed E-state index contributed by atoms with van der Waals surface area (Å²) in [5.41, 5.74) is 1.37. The number of halogens is 2. The largest absolute Gasteiger partial charge is 0.404 e. The molecule has 0 heterocycles. The third kappa shape index (κ3) is 5.04. The number of allylic oxidation sites excluding steroid dienone is 2. The van der Waals surface area contributed by atoms with Crippen LogP contribution in [0.1, 0.15) is 51.0 Å². The zero-order chi connectivity index (χ0) is 23.6. The van der Waals surface area contributed by atoms with E-state index in [1.54, 1.807) is 0 Å². The van der Waals surface area contributed by atoms with E-state index in [4.69, 9.17) is 8.54 Å². The number of hydrogen-bond acceptors (Lipinski definition) is 1. The average Bonchev–Trinajstić information content (AvgIpc) is 2.71. The van der Waals surface area contributed by atoms with Crippen molar-refractivity contribution in [3.63, 3.8) is 0 Å². The maximum absolute atomic E-state index is 8.00. The van der Waals surface area contributed by atoms with E-state index in [1.165, 1.54) is 10.4 Å². The van der Waals surface area contributed by atoms with Crippen molar-refractivity contribution in [1.29, 1.82) is 0 Å². The van der Waals surface area contributed by atoms with E-state index < -0.39 is 15.2 Å². The lowest BCUT2D eigenvalue weighted by Crippen LogP contribution is -2.67. The average molecular weight is 537 g/mol. The van der Waals surface area contributed by atoms with Crippen molar-refractivity contribution in [2.45, 2.75) is 58.0 Å². The van der Waals surface area contributed by atoms with Gasteiger partial charge in [-0.3, -0.25) is 0 Å². The van der Waals surface area contributed by atoms with Crippen LogP contribution in [-0.4, -0.2) is 14.4 Å². The molecule has 0 aliphatic heterocycles. The molecular formula is C25H30Br2OSi. The molecule has 0 radical (unpaired) electrons. The van der Waals surface area contributed by atoms with E-state index >= 15 is 0 Å². The van der Waals surface area contributed by atoms with Crippen molar-refractivity contribution in [3.05, 3.63) is 81.3 Å². The van der Waals surface area contributed by atoms with Crippen molar-refractivity contribution in [2.75, 3.05) is 0 Å². The highest BCUT2D eigenvalue weighted by molar-refractivity contribution is 9.28. The molecule has 154 valence electrons. The highest BCUT2D eigenvalue weighted by Crippen LogP contribution is 2.40. The predicted octanol–water partition coefficient (Wildman–Crippen LogP) is 7.06. The van der Waals surface area contributed by atoms with Gasteiger partial charge >= 0.3 is 0 Å². The van der Waals surface area contributed by atoms with Crippen molar-refractivity contribution in [1.82, 2.24) is 0 Å². The maximum atomic E-state index is 8.00. The molecule has 0 amide bonds. The minimum Gasteiger partial charge on any atom is -0.404 e. The Hall–Kier alpha value is -0.943. The molecule has 1 atom stereocenters. The summed E-state index contributed by atoms with van der Waals surface area (Å²) >= 11 is 6.84. The molecule has 29 heavy (non-hydrogen) atoms. The first-order valence-electron chi connectivity index (χ1n) is 11.5. The second kappa shape index (κ2) is 9.46. The third-order valence-electron chi connectivity index (χ3n) is 5.60. The second-order valence-corrected chi connectivity index (χ2v) is 15.6. The van der Waals surface area contributed by atoms with Crippen LogP contribution in [0.25, 0.3) is 0 Å². The van der Waals surface area contributed by atoms with Crippen molar-refractivity contribution in [3.8, 4) is 0 Å². The fraction of sp³-hybridized carbons (Fsp3) is 0.360. The minimum absolute atomic E-state index is 0.0574. The normalized spacial score (nSPS) is 19.9. The van der Waals surface area contributed by atoms with Crippen molar-refractivity contribution in [2.24, 2.45) is 0 Å². The molecule has 3 rings (SSSR count). The number of hydrogen-bond donors (Lipinski definition) is 0. The van der Waals surface area contributed by atoms with Gasteiger partial charge in [0.1, 0.15) is 0 Å². The SMILES string of the molecule is [2H]C([2H])([2H])C1=C(C=C(Br)Br)CC(O[Si](c2ccccc2)(c2ccccc2)C(C)(C)C)CC1. The standard InChI is InChI=1S/C25H30Br2OSi/c1-19-15-16-21(17-20(19)18-24(26)27)28-29(25(2,3)4,22-11-7-5-8-12-22)23-13-9-6-10-14-23/h5-14,18,21H,15-17H2,1-4H3/i1D3. The molecule has 0 bridgehead atoms. The van der Waals surface area contributed by atoms with Crippen LogP contribution in [0.4, 0.5) is 0 Å². The Kier molecular flexibility index (Phi) is 6.13. The van der Waals surface area contributed by atoms with Gasteiger partial charge in [-0.15, -0.1) is 0 Å². The Balaban J connectivity index is 2.11. The molecule has 2 aromatic carbocycles. The van der Waals surface area contributed by atoms with E-state index in [0.29, 0.717) is 24.8 Å². The monoisotopic (exact) mass is 535 g/mol. The first-order valence-corrected chi connectivity index (χ1v) is 13.5. The summed E-state index contributed by atoms with van der Waals surface area (Å²) in [4.78, 5) is 0. The van der Waals surface area contributed by atoms with Gasteiger partial charge in [-0.2, -0.15) is 0 Å². The van der Waals surface area contributed by atoms with Gasteiger partial charge in [0.2, 0.25) is 0 Å². The Morgan fingerprint density at radius 3 is 2.03 bits per heavy atom. The molecule has 1 aliphatic rings. The number of rotatable bonds is 5. The minimum atomic E-state index is -2.68. The van der Waals surface area contributed by atoms with Crippen molar-refractivity contribution < 1.29 is 8.54 Å². The molecule has 0 fully saturated rings. The summed E-state index contributed by atoms with van der Waals surface area (Å²) in [5, 5.41) is 2.36. The van der Waals surface area contributed by atoms with Crippen LogP contribution in [-0.2, 0) is 4.43 Å². The molecule has 1 nitrogen and oxygen atoms in total. The van der Waals surface area contributed by atoms with Gasteiger partial charge in [-0.1, -0.05) is 87.0 Å². The fourth-order valence-electron chi connectivity index (χ4n) is 4.26. The molecule has 1 aliphatic carbocycles. The summed E-state index contributed by atoms with van der Waals surface area (Å²) in [7, 11) is -2.68. The van der Waals surface area contributed by atoms with Gasteiger partial charge in [0.25, 0.3) is 8.32 Å². The van der Waals surface area contributed by atoms with Crippen LogP contribution >= 0.6 is 31.9 Å². The van der Waals surface area contributed by atoms with Gasteiger partial charge < -0.3 is 4.43 Å². The Bertz CT molecular complexity index is 936. The highest BCUT2D eigenvalue weighted by Gasteiger charge is 2.51. The fourth-order valence-corrected chi connectivity index (χ4v) is 9.52. The zero-order valence-corrected chi connectivity index (χ0v) is 21.4. The van der Waals surface area contributed by atoms with Gasteiger partial charge in [0.15, 0.2) is 0 Å². The number of benzene rings is 2. The van der Waals surface area contributed by atoms with E-state index in [0.717, 1.165) is 8.96 Å². The van der Waals surface area contributed by atoms with E-state index in [-0.39, 0.29) is 11.1 Å². The topological polar surface area (TPSA) is 9.23 Å². The zero-order valence-electron chi connectivity index (χ0n) is 20.2. The molecule has 4 heteroatoms. The molecule has 0 aromatic heterocycles. The maximum Gasteiger partial charge on any atom is 0.261 e. The summed E-state index contributed by atoms with van der Waals surface area (Å²) in [5.74, 6) is 0. The lowest BCUT2D eigenvalue weighted by molar-refractivity contribution is 0.172. The Morgan fingerprint density at radius 2 is 1.59 bits per heavy atom. The van der Waals surface area contributed by atoms with E-state index in [9.17, 15) is 0 Å². The van der Waals surface area contributed by atoms with Crippen LogP contribution in [0.5, 0.6) is 0 Å². The summed E-state index contributed by atoms with van der Waals surface area (Å²) in [6, 6.07) is 21.2. The second-order valence-electron chi connectivity index (χ2n) is 8.58. The van der Waals surface area contributed by atoms with E-state index in [1.807, 2.05) is 18.2 Å². The van der Waals surface area contributed by atoms with Crippen LogP contribution < -0.4 is 10.4 Å². The molecule has 1 unspecified atom stereocenters. The van der Waals surface area contributed by atoms with Crippen LogP contribution in [0.2, 0.25) is 5.04 Å². The predicted molar refractivity (Wildman–Crippen MR) is 135 cm³/mol. The molecule has 0 saturated carbocycles. The first kappa shape index (κ1) is 18.8. The molecule has 0 N–H and O–H groups in total. The molecular weight excluding hydrogens is 504 g/mol. The lowest BCUT2D eigenvalue weighted by Gasteiger charge is -2.46. The molecule has 2 aromatic rings. The van der Waals surface area contributed by atoms with Gasteiger partial charge in [-0.25, -0.2) is 0 Å². The Labute approximate surface area is 197 Å². The van der Waals surface area contributed by atoms with Gasteiger partial charge in [-0.05, 0) is 85.0 Å². The quantitative estimate of drug-likeness (QED) is 0.371. The smallest absolute Gasteiger partial charge is 0.261 e.